The highest BCUT2D eigenvalue weighted by Gasteiger charge is 1.84. The first kappa shape index (κ1) is 13.8. The SMILES string of the molecule is C1=CCC=C1.C1=CCC=C1.Oc1ccc(O)cc1. The Kier molecular flexibility index (Phi) is 6.83. The molecule has 0 aromatic heterocycles. The molecule has 2 aliphatic rings. The fraction of sp³-hybridized carbons (Fsp3) is 0.125. The quantitative estimate of drug-likeness (QED) is 0.672. The molecule has 0 bridgehead atoms. The van der Waals surface area contributed by atoms with Gasteiger partial charge in [-0.05, 0) is 37.1 Å². The molecule has 1 aromatic rings. The van der Waals surface area contributed by atoms with Gasteiger partial charge in [0.15, 0.2) is 0 Å². The van der Waals surface area contributed by atoms with Gasteiger partial charge in [-0.15, -0.1) is 0 Å². The fourth-order valence-corrected chi connectivity index (χ4v) is 1.24. The number of hydrogen-bond donors (Lipinski definition) is 2. The topological polar surface area (TPSA) is 40.5 Å². The first-order valence-electron chi connectivity index (χ1n) is 5.90. The summed E-state index contributed by atoms with van der Waals surface area (Å²) in [6.45, 7) is 0. The standard InChI is InChI=1S/C6H6O2.2C5H6/c7-5-1-2-6(8)4-3-5;2*1-2-4-5-3-1/h1-4,7-8H;2*1-4H,5H2. The second kappa shape index (κ2) is 8.88. The summed E-state index contributed by atoms with van der Waals surface area (Å²) in [6.07, 6.45) is 19.0. The van der Waals surface area contributed by atoms with Crippen LogP contribution in [0.1, 0.15) is 12.8 Å². The van der Waals surface area contributed by atoms with E-state index in [0.29, 0.717) is 0 Å². The Hall–Kier alpha value is -2.22. The first-order valence-corrected chi connectivity index (χ1v) is 5.90. The van der Waals surface area contributed by atoms with Gasteiger partial charge in [-0.25, -0.2) is 0 Å². The first-order chi connectivity index (χ1) is 8.79. The molecule has 0 heterocycles. The molecule has 2 heteroatoms. The highest BCUT2D eigenvalue weighted by molar-refractivity contribution is 5.28. The van der Waals surface area contributed by atoms with Gasteiger partial charge < -0.3 is 10.2 Å². The maximum atomic E-state index is 8.65. The molecule has 94 valence electrons. The van der Waals surface area contributed by atoms with Crippen molar-refractivity contribution < 1.29 is 10.2 Å². The molecule has 2 N–H and O–H groups in total. The van der Waals surface area contributed by atoms with E-state index in [1.54, 1.807) is 0 Å². The van der Waals surface area contributed by atoms with Crippen LogP contribution in [0.25, 0.3) is 0 Å². The number of rotatable bonds is 0. The van der Waals surface area contributed by atoms with Gasteiger partial charge in [0.05, 0.1) is 0 Å². The van der Waals surface area contributed by atoms with Crippen LogP contribution >= 0.6 is 0 Å². The third-order valence-corrected chi connectivity index (χ3v) is 2.16. The number of aromatic hydroxyl groups is 2. The van der Waals surface area contributed by atoms with E-state index in [1.165, 1.54) is 24.3 Å². The Morgan fingerprint density at radius 3 is 1.00 bits per heavy atom. The molecule has 1 aromatic carbocycles. The van der Waals surface area contributed by atoms with E-state index in [0.717, 1.165) is 12.8 Å². The molecule has 0 radical (unpaired) electrons. The van der Waals surface area contributed by atoms with Gasteiger partial charge in [-0.1, -0.05) is 48.6 Å². The van der Waals surface area contributed by atoms with Crippen molar-refractivity contribution in [3.05, 3.63) is 72.9 Å². The third-order valence-electron chi connectivity index (χ3n) is 2.16. The average molecular weight is 242 g/mol. The predicted molar refractivity (Wildman–Crippen MR) is 75.6 cm³/mol. The summed E-state index contributed by atoms with van der Waals surface area (Å²) in [5.74, 6) is 0.339. The Morgan fingerprint density at radius 1 is 0.556 bits per heavy atom. The highest BCUT2D eigenvalue weighted by Crippen LogP contribution is 2.13. The third kappa shape index (κ3) is 7.12. The molecule has 18 heavy (non-hydrogen) atoms. The number of benzene rings is 1. The second-order valence-corrected chi connectivity index (χ2v) is 3.70. The lowest BCUT2D eigenvalue weighted by Gasteiger charge is -1.88. The van der Waals surface area contributed by atoms with Gasteiger partial charge in [0.1, 0.15) is 11.5 Å². The van der Waals surface area contributed by atoms with Crippen LogP contribution in [-0.2, 0) is 0 Å². The van der Waals surface area contributed by atoms with Gasteiger partial charge in [-0.2, -0.15) is 0 Å². The van der Waals surface area contributed by atoms with Gasteiger partial charge >= 0.3 is 0 Å². The molecule has 0 saturated heterocycles. The Labute approximate surface area is 108 Å². The average Bonchev–Trinajstić information content (AvgIpc) is 3.11. The van der Waals surface area contributed by atoms with Crippen LogP contribution < -0.4 is 0 Å². The summed E-state index contributed by atoms with van der Waals surface area (Å²) in [4.78, 5) is 0. The Balaban J connectivity index is 0.000000141. The van der Waals surface area contributed by atoms with Crippen LogP contribution in [0.4, 0.5) is 0 Å². The molecule has 3 rings (SSSR count). The van der Waals surface area contributed by atoms with E-state index in [9.17, 15) is 0 Å². The van der Waals surface area contributed by atoms with Crippen molar-refractivity contribution in [3.63, 3.8) is 0 Å². The zero-order chi connectivity index (χ0) is 13.1. The largest absolute Gasteiger partial charge is 0.508 e. The fourth-order valence-electron chi connectivity index (χ4n) is 1.24. The molecule has 0 fully saturated rings. The normalized spacial score (nSPS) is 13.8. The van der Waals surface area contributed by atoms with Crippen molar-refractivity contribution >= 4 is 0 Å². The van der Waals surface area contributed by atoms with Gasteiger partial charge in [0, 0.05) is 0 Å². The molecule has 2 aliphatic carbocycles. The molecule has 0 spiro atoms. The van der Waals surface area contributed by atoms with E-state index in [4.69, 9.17) is 10.2 Å². The summed E-state index contributed by atoms with van der Waals surface area (Å²) in [6, 6.07) is 5.70. The van der Waals surface area contributed by atoms with Crippen LogP contribution in [0.3, 0.4) is 0 Å². The minimum atomic E-state index is 0.169. The van der Waals surface area contributed by atoms with Crippen LogP contribution in [0.5, 0.6) is 11.5 Å². The number of phenolic OH excluding ortho intramolecular Hbond substituents is 2. The predicted octanol–water partition coefficient (Wildman–Crippen LogP) is 4.10. The number of phenols is 2. The minimum Gasteiger partial charge on any atom is -0.508 e. The summed E-state index contributed by atoms with van der Waals surface area (Å²) in [5.41, 5.74) is 0. The molecule has 2 nitrogen and oxygen atoms in total. The maximum Gasteiger partial charge on any atom is 0.115 e. The lowest BCUT2D eigenvalue weighted by Crippen LogP contribution is -1.61. The highest BCUT2D eigenvalue weighted by atomic mass is 16.3. The summed E-state index contributed by atoms with van der Waals surface area (Å²) in [7, 11) is 0. The lowest BCUT2D eigenvalue weighted by atomic mass is 10.3. The monoisotopic (exact) mass is 242 g/mol. The van der Waals surface area contributed by atoms with Crippen molar-refractivity contribution in [1.82, 2.24) is 0 Å². The second-order valence-electron chi connectivity index (χ2n) is 3.70. The van der Waals surface area contributed by atoms with Crippen molar-refractivity contribution in [3.8, 4) is 11.5 Å². The van der Waals surface area contributed by atoms with Gasteiger partial charge in [-0.3, -0.25) is 0 Å². The van der Waals surface area contributed by atoms with Crippen LogP contribution in [0, 0.1) is 0 Å². The maximum absolute atomic E-state index is 8.65. The van der Waals surface area contributed by atoms with E-state index in [-0.39, 0.29) is 11.5 Å². The minimum absolute atomic E-state index is 0.169. The van der Waals surface area contributed by atoms with Crippen molar-refractivity contribution in [1.29, 1.82) is 0 Å². The van der Waals surface area contributed by atoms with E-state index < -0.39 is 0 Å². The molecular formula is C16H18O2. The van der Waals surface area contributed by atoms with Crippen LogP contribution in [0.2, 0.25) is 0 Å². The van der Waals surface area contributed by atoms with Crippen LogP contribution in [-0.4, -0.2) is 10.2 Å². The van der Waals surface area contributed by atoms with Gasteiger partial charge in [0.25, 0.3) is 0 Å². The molecule has 0 amide bonds. The molecular weight excluding hydrogens is 224 g/mol. The van der Waals surface area contributed by atoms with Crippen molar-refractivity contribution in [2.45, 2.75) is 12.8 Å². The Morgan fingerprint density at radius 2 is 0.833 bits per heavy atom. The van der Waals surface area contributed by atoms with E-state index >= 15 is 0 Å². The van der Waals surface area contributed by atoms with Crippen LogP contribution in [0.15, 0.2) is 72.9 Å². The number of allylic oxidation sites excluding steroid dienone is 8. The van der Waals surface area contributed by atoms with E-state index in [1.807, 2.05) is 0 Å². The van der Waals surface area contributed by atoms with Crippen molar-refractivity contribution in [2.24, 2.45) is 0 Å². The Bertz CT molecular complexity index is 374. The summed E-state index contributed by atoms with van der Waals surface area (Å²) >= 11 is 0. The smallest absolute Gasteiger partial charge is 0.115 e. The number of hydrogen-bond acceptors (Lipinski definition) is 2. The zero-order valence-corrected chi connectivity index (χ0v) is 10.2. The van der Waals surface area contributed by atoms with E-state index in [2.05, 4.69) is 48.6 Å². The molecule has 0 unspecified atom stereocenters. The molecule has 0 aliphatic heterocycles. The lowest BCUT2D eigenvalue weighted by molar-refractivity contribution is 0.460. The molecule has 0 atom stereocenters. The zero-order valence-electron chi connectivity index (χ0n) is 10.2. The van der Waals surface area contributed by atoms with Crippen molar-refractivity contribution in [2.75, 3.05) is 0 Å². The molecule has 0 saturated carbocycles. The summed E-state index contributed by atoms with van der Waals surface area (Å²) in [5, 5.41) is 17.3. The summed E-state index contributed by atoms with van der Waals surface area (Å²) < 4.78 is 0. The van der Waals surface area contributed by atoms with Gasteiger partial charge in [0.2, 0.25) is 0 Å².